The number of amides is 1. The first kappa shape index (κ1) is 12.9. The minimum atomic E-state index is 0.316. The summed E-state index contributed by atoms with van der Waals surface area (Å²) in [4.78, 5) is 14.7. The second kappa shape index (κ2) is 5.85. The van der Waals surface area contributed by atoms with Gasteiger partial charge in [0.15, 0.2) is 0 Å². The molecule has 2 fully saturated rings. The molecule has 2 aliphatic rings. The molecular weight excluding hydrogens is 212 g/mol. The molecule has 3 atom stereocenters. The van der Waals surface area contributed by atoms with Gasteiger partial charge in [-0.15, -0.1) is 0 Å². The van der Waals surface area contributed by atoms with Crippen molar-refractivity contribution in [3.63, 3.8) is 0 Å². The van der Waals surface area contributed by atoms with Crippen molar-refractivity contribution in [1.82, 2.24) is 10.2 Å². The fourth-order valence-electron chi connectivity index (χ4n) is 3.47. The van der Waals surface area contributed by atoms with E-state index in [4.69, 9.17) is 0 Å². The summed E-state index contributed by atoms with van der Waals surface area (Å²) in [5.74, 6) is 1.49. The number of nitrogens with one attached hydrogen (secondary N) is 1. The van der Waals surface area contributed by atoms with Gasteiger partial charge in [-0.1, -0.05) is 19.8 Å². The van der Waals surface area contributed by atoms with Crippen LogP contribution < -0.4 is 5.32 Å². The number of likely N-dealkylation sites (tertiary alicyclic amines) is 1. The summed E-state index contributed by atoms with van der Waals surface area (Å²) < 4.78 is 0. The van der Waals surface area contributed by atoms with Crippen molar-refractivity contribution in [2.45, 2.75) is 51.5 Å². The molecule has 17 heavy (non-hydrogen) atoms. The standard InChI is InChI=1S/C14H26N2O/c1-11-5-3-6-12(9-11)14(17)16-8-4-7-13(16)10-15-2/h11-13,15H,3-10H2,1-2H3/t11-,12+,13+/m1/s1. The fourth-order valence-corrected chi connectivity index (χ4v) is 3.47. The highest BCUT2D eigenvalue weighted by atomic mass is 16.2. The van der Waals surface area contributed by atoms with Crippen LogP contribution in [0.15, 0.2) is 0 Å². The summed E-state index contributed by atoms with van der Waals surface area (Å²) >= 11 is 0. The van der Waals surface area contributed by atoms with E-state index in [1.54, 1.807) is 0 Å². The number of hydrogen-bond donors (Lipinski definition) is 1. The zero-order chi connectivity index (χ0) is 12.3. The predicted octanol–water partition coefficient (Wildman–Crippen LogP) is 2.02. The lowest BCUT2D eigenvalue weighted by molar-refractivity contribution is -0.137. The lowest BCUT2D eigenvalue weighted by Gasteiger charge is -2.32. The SMILES string of the molecule is CNC[C@@H]1CCCN1C(=O)[C@H]1CCC[C@@H](C)C1. The minimum absolute atomic E-state index is 0.316. The topological polar surface area (TPSA) is 32.3 Å². The number of rotatable bonds is 3. The number of likely N-dealkylation sites (N-methyl/N-ethyl adjacent to an activating group) is 1. The Bertz CT molecular complexity index is 267. The third-order valence-electron chi connectivity index (χ3n) is 4.39. The van der Waals surface area contributed by atoms with Gasteiger partial charge in [0.05, 0.1) is 0 Å². The van der Waals surface area contributed by atoms with Crippen LogP contribution in [-0.4, -0.2) is 37.0 Å². The summed E-state index contributed by atoms with van der Waals surface area (Å²) in [6.07, 6.45) is 7.13. The van der Waals surface area contributed by atoms with Gasteiger partial charge in [-0.25, -0.2) is 0 Å². The van der Waals surface area contributed by atoms with Crippen LogP contribution in [0.3, 0.4) is 0 Å². The molecule has 1 aliphatic carbocycles. The van der Waals surface area contributed by atoms with E-state index in [1.807, 2.05) is 7.05 Å². The van der Waals surface area contributed by atoms with Crippen LogP contribution in [0.2, 0.25) is 0 Å². The van der Waals surface area contributed by atoms with E-state index in [9.17, 15) is 4.79 Å². The molecule has 1 saturated heterocycles. The highest BCUT2D eigenvalue weighted by Gasteiger charge is 2.34. The van der Waals surface area contributed by atoms with Crippen LogP contribution in [0.4, 0.5) is 0 Å². The first-order chi connectivity index (χ1) is 8.22. The number of carbonyl (C=O) groups excluding carboxylic acids is 1. The minimum Gasteiger partial charge on any atom is -0.338 e. The monoisotopic (exact) mass is 238 g/mol. The fraction of sp³-hybridized carbons (Fsp3) is 0.929. The molecular formula is C14H26N2O. The quantitative estimate of drug-likeness (QED) is 0.816. The molecule has 98 valence electrons. The first-order valence-corrected chi connectivity index (χ1v) is 7.17. The first-order valence-electron chi connectivity index (χ1n) is 7.17. The summed E-state index contributed by atoms with van der Waals surface area (Å²) in [5.41, 5.74) is 0. The van der Waals surface area contributed by atoms with Gasteiger partial charge in [0.2, 0.25) is 5.91 Å². The molecule has 0 spiro atoms. The highest BCUT2D eigenvalue weighted by Crippen LogP contribution is 2.31. The smallest absolute Gasteiger partial charge is 0.225 e. The zero-order valence-electron chi connectivity index (χ0n) is 11.2. The van der Waals surface area contributed by atoms with E-state index in [0.717, 1.165) is 31.8 Å². The lowest BCUT2D eigenvalue weighted by atomic mass is 9.81. The molecule has 2 rings (SSSR count). The van der Waals surface area contributed by atoms with E-state index >= 15 is 0 Å². The Morgan fingerprint density at radius 2 is 2.12 bits per heavy atom. The van der Waals surface area contributed by atoms with Gasteiger partial charge in [-0.2, -0.15) is 0 Å². The molecule has 0 unspecified atom stereocenters. The number of hydrogen-bond acceptors (Lipinski definition) is 2. The molecule has 0 aromatic rings. The van der Waals surface area contributed by atoms with Gasteiger partial charge in [-0.05, 0) is 38.6 Å². The van der Waals surface area contributed by atoms with Gasteiger partial charge < -0.3 is 10.2 Å². The van der Waals surface area contributed by atoms with Crippen molar-refractivity contribution < 1.29 is 4.79 Å². The Hall–Kier alpha value is -0.570. The Morgan fingerprint density at radius 1 is 1.29 bits per heavy atom. The van der Waals surface area contributed by atoms with Crippen molar-refractivity contribution in [3.8, 4) is 0 Å². The molecule has 0 aromatic carbocycles. The summed E-state index contributed by atoms with van der Waals surface area (Å²) in [6, 6.07) is 0.449. The van der Waals surface area contributed by atoms with Crippen LogP contribution in [0.1, 0.15) is 45.4 Å². The Morgan fingerprint density at radius 3 is 2.82 bits per heavy atom. The number of carbonyl (C=O) groups is 1. The van der Waals surface area contributed by atoms with Crippen LogP contribution >= 0.6 is 0 Å². The zero-order valence-corrected chi connectivity index (χ0v) is 11.2. The van der Waals surface area contributed by atoms with Crippen LogP contribution in [0.25, 0.3) is 0 Å². The van der Waals surface area contributed by atoms with E-state index in [0.29, 0.717) is 17.9 Å². The largest absolute Gasteiger partial charge is 0.338 e. The average Bonchev–Trinajstić information content (AvgIpc) is 2.77. The Balaban J connectivity index is 1.93. The van der Waals surface area contributed by atoms with Crippen molar-refractivity contribution in [3.05, 3.63) is 0 Å². The van der Waals surface area contributed by atoms with Crippen molar-refractivity contribution in [2.75, 3.05) is 20.1 Å². The van der Waals surface area contributed by atoms with Crippen LogP contribution in [0.5, 0.6) is 0 Å². The Kier molecular flexibility index (Phi) is 4.43. The van der Waals surface area contributed by atoms with Gasteiger partial charge in [0, 0.05) is 25.0 Å². The molecule has 0 bridgehead atoms. The molecule has 3 heteroatoms. The van der Waals surface area contributed by atoms with E-state index in [-0.39, 0.29) is 0 Å². The molecule has 3 nitrogen and oxygen atoms in total. The highest BCUT2D eigenvalue weighted by molar-refractivity contribution is 5.79. The maximum Gasteiger partial charge on any atom is 0.225 e. The second-order valence-corrected chi connectivity index (χ2v) is 5.85. The summed E-state index contributed by atoms with van der Waals surface area (Å²) in [5, 5.41) is 3.21. The van der Waals surface area contributed by atoms with Gasteiger partial charge in [0.1, 0.15) is 0 Å². The molecule has 0 radical (unpaired) electrons. The second-order valence-electron chi connectivity index (χ2n) is 5.85. The average molecular weight is 238 g/mol. The molecule has 1 N–H and O–H groups in total. The predicted molar refractivity (Wildman–Crippen MR) is 69.8 cm³/mol. The van der Waals surface area contributed by atoms with Crippen LogP contribution in [-0.2, 0) is 4.79 Å². The molecule has 1 amide bonds. The maximum atomic E-state index is 12.5. The third kappa shape index (κ3) is 3.01. The van der Waals surface area contributed by atoms with Gasteiger partial charge >= 0.3 is 0 Å². The number of nitrogens with zero attached hydrogens (tertiary/aromatic N) is 1. The molecule has 1 aliphatic heterocycles. The van der Waals surface area contributed by atoms with E-state index < -0.39 is 0 Å². The van der Waals surface area contributed by atoms with Crippen molar-refractivity contribution >= 4 is 5.91 Å². The molecule has 1 saturated carbocycles. The van der Waals surface area contributed by atoms with E-state index in [1.165, 1.54) is 25.7 Å². The summed E-state index contributed by atoms with van der Waals surface area (Å²) in [6.45, 7) is 4.22. The van der Waals surface area contributed by atoms with Gasteiger partial charge in [0.25, 0.3) is 0 Å². The normalized spacial score (nSPS) is 34.0. The maximum absolute atomic E-state index is 12.5. The lowest BCUT2D eigenvalue weighted by Crippen LogP contribution is -2.44. The summed E-state index contributed by atoms with van der Waals surface area (Å²) in [7, 11) is 1.98. The molecule has 1 heterocycles. The third-order valence-corrected chi connectivity index (χ3v) is 4.39. The van der Waals surface area contributed by atoms with Crippen molar-refractivity contribution in [2.24, 2.45) is 11.8 Å². The van der Waals surface area contributed by atoms with Crippen molar-refractivity contribution in [1.29, 1.82) is 0 Å². The Labute approximate surface area is 105 Å². The van der Waals surface area contributed by atoms with E-state index in [2.05, 4.69) is 17.1 Å². The molecule has 0 aromatic heterocycles. The van der Waals surface area contributed by atoms with Crippen LogP contribution in [0, 0.1) is 11.8 Å². The van der Waals surface area contributed by atoms with Gasteiger partial charge in [-0.3, -0.25) is 4.79 Å².